The van der Waals surface area contributed by atoms with E-state index in [1.807, 2.05) is 0 Å². The Morgan fingerprint density at radius 2 is 1.88 bits per heavy atom. The van der Waals surface area contributed by atoms with Gasteiger partial charge < -0.3 is 10.2 Å². The molecule has 0 radical (unpaired) electrons. The van der Waals surface area contributed by atoms with Crippen LogP contribution < -0.4 is 0 Å². The molecule has 1 aromatic rings. The summed E-state index contributed by atoms with van der Waals surface area (Å²) in [4.78, 5) is 0.0260. The second-order valence-corrected chi connectivity index (χ2v) is 5.89. The van der Waals surface area contributed by atoms with Crippen molar-refractivity contribution in [2.45, 2.75) is 11.0 Å². The maximum Gasteiger partial charge on any atom is 0.297 e. The normalized spacial score (nSPS) is 13.7. The third-order valence-corrected chi connectivity index (χ3v) is 3.74. The highest BCUT2D eigenvalue weighted by Crippen LogP contribution is 2.14. The Labute approximate surface area is 107 Å². The molecule has 0 heterocycles. The highest BCUT2D eigenvalue weighted by Gasteiger charge is 2.16. The Balaban J connectivity index is 2.74. The summed E-state index contributed by atoms with van der Waals surface area (Å²) in [5, 5.41) is 17.5. The first kappa shape index (κ1) is 13.8. The number of hydrogen-bond donors (Lipinski definition) is 2. The first-order chi connectivity index (χ1) is 7.45. The van der Waals surface area contributed by atoms with Crippen LogP contribution in [-0.2, 0) is 14.3 Å². The molecular formula is C9H11IO5S. The van der Waals surface area contributed by atoms with Gasteiger partial charge in [-0.3, -0.25) is 4.18 Å². The fourth-order valence-electron chi connectivity index (χ4n) is 0.890. The van der Waals surface area contributed by atoms with Gasteiger partial charge in [0.2, 0.25) is 0 Å². The third kappa shape index (κ3) is 3.98. The summed E-state index contributed by atoms with van der Waals surface area (Å²) in [5.41, 5.74) is 0. The van der Waals surface area contributed by atoms with Crippen LogP contribution in [-0.4, -0.2) is 37.9 Å². The molecule has 0 saturated carbocycles. The SMILES string of the molecule is O=S(=O)(OCC(O)CO)c1ccc(I)cc1. The minimum absolute atomic E-state index is 0.0260. The molecule has 1 unspecified atom stereocenters. The summed E-state index contributed by atoms with van der Waals surface area (Å²) in [7, 11) is -3.86. The Kier molecular flexibility index (Phi) is 5.12. The van der Waals surface area contributed by atoms with E-state index in [9.17, 15) is 8.42 Å². The van der Waals surface area contributed by atoms with E-state index in [0.717, 1.165) is 3.57 Å². The van der Waals surface area contributed by atoms with Gasteiger partial charge in [-0.1, -0.05) is 0 Å². The van der Waals surface area contributed by atoms with Gasteiger partial charge in [0.25, 0.3) is 10.1 Å². The topological polar surface area (TPSA) is 83.8 Å². The van der Waals surface area contributed by atoms with Crippen molar-refractivity contribution in [1.29, 1.82) is 0 Å². The maximum absolute atomic E-state index is 11.5. The zero-order valence-electron chi connectivity index (χ0n) is 8.21. The second kappa shape index (κ2) is 5.92. The summed E-state index contributed by atoms with van der Waals surface area (Å²) in [6, 6.07) is 6.11. The molecule has 0 aromatic heterocycles. The van der Waals surface area contributed by atoms with Crippen molar-refractivity contribution in [3.05, 3.63) is 27.8 Å². The molecule has 0 spiro atoms. The van der Waals surface area contributed by atoms with Crippen LogP contribution in [0.15, 0.2) is 29.2 Å². The van der Waals surface area contributed by atoms with E-state index >= 15 is 0 Å². The lowest BCUT2D eigenvalue weighted by Gasteiger charge is -2.08. The molecule has 0 fully saturated rings. The molecule has 0 aliphatic carbocycles. The van der Waals surface area contributed by atoms with Crippen LogP contribution in [0.2, 0.25) is 0 Å². The Hall–Kier alpha value is -0.220. The molecule has 1 rings (SSSR count). The first-order valence-corrected chi connectivity index (χ1v) is 6.88. The predicted octanol–water partition coefficient (Wildman–Crippen LogP) is 0.350. The highest BCUT2D eigenvalue weighted by atomic mass is 127. The van der Waals surface area contributed by atoms with Crippen LogP contribution in [0.25, 0.3) is 0 Å². The quantitative estimate of drug-likeness (QED) is 0.586. The molecular weight excluding hydrogens is 347 g/mol. The van der Waals surface area contributed by atoms with E-state index in [0.29, 0.717) is 0 Å². The summed E-state index contributed by atoms with van der Waals surface area (Å²) in [6.45, 7) is -0.993. The van der Waals surface area contributed by atoms with Gasteiger partial charge in [-0.2, -0.15) is 8.42 Å². The van der Waals surface area contributed by atoms with Crippen molar-refractivity contribution in [1.82, 2.24) is 0 Å². The van der Waals surface area contributed by atoms with Crippen molar-refractivity contribution in [3.63, 3.8) is 0 Å². The predicted molar refractivity (Wildman–Crippen MR) is 65.4 cm³/mol. The van der Waals surface area contributed by atoms with Crippen LogP contribution >= 0.6 is 22.6 Å². The Morgan fingerprint density at radius 1 is 1.31 bits per heavy atom. The van der Waals surface area contributed by atoms with Crippen molar-refractivity contribution in [2.75, 3.05) is 13.2 Å². The number of aliphatic hydroxyl groups is 2. The minimum atomic E-state index is -3.86. The fraction of sp³-hybridized carbons (Fsp3) is 0.333. The summed E-state index contributed by atoms with van der Waals surface area (Å²) >= 11 is 2.05. The standard InChI is InChI=1S/C9H11IO5S/c10-7-1-3-9(4-2-7)16(13,14)15-6-8(12)5-11/h1-4,8,11-12H,5-6H2. The minimum Gasteiger partial charge on any atom is -0.394 e. The monoisotopic (exact) mass is 358 g/mol. The lowest BCUT2D eigenvalue weighted by molar-refractivity contribution is 0.0557. The van der Waals surface area contributed by atoms with Gasteiger partial charge in [0.05, 0.1) is 18.1 Å². The lowest BCUT2D eigenvalue weighted by atomic mass is 10.4. The molecule has 0 saturated heterocycles. The van der Waals surface area contributed by atoms with E-state index < -0.39 is 29.4 Å². The van der Waals surface area contributed by atoms with Crippen LogP contribution in [0.4, 0.5) is 0 Å². The average Bonchev–Trinajstić information content (AvgIpc) is 2.26. The molecule has 1 atom stereocenters. The van der Waals surface area contributed by atoms with Crippen molar-refractivity contribution in [2.24, 2.45) is 0 Å². The largest absolute Gasteiger partial charge is 0.394 e. The number of aliphatic hydroxyl groups excluding tert-OH is 2. The van der Waals surface area contributed by atoms with Crippen LogP contribution in [0.3, 0.4) is 0 Å². The van der Waals surface area contributed by atoms with Gasteiger partial charge in [-0.15, -0.1) is 0 Å². The van der Waals surface area contributed by atoms with Crippen molar-refractivity contribution >= 4 is 32.7 Å². The van der Waals surface area contributed by atoms with E-state index in [-0.39, 0.29) is 4.90 Å². The van der Waals surface area contributed by atoms with Gasteiger partial charge in [-0.05, 0) is 46.9 Å². The lowest BCUT2D eigenvalue weighted by Crippen LogP contribution is -2.22. The van der Waals surface area contributed by atoms with Crippen LogP contribution in [0, 0.1) is 3.57 Å². The van der Waals surface area contributed by atoms with Crippen LogP contribution in [0.5, 0.6) is 0 Å². The van der Waals surface area contributed by atoms with E-state index in [1.54, 1.807) is 12.1 Å². The third-order valence-electron chi connectivity index (χ3n) is 1.73. The Morgan fingerprint density at radius 3 is 2.38 bits per heavy atom. The molecule has 0 amide bonds. The molecule has 1 aromatic carbocycles. The first-order valence-electron chi connectivity index (χ1n) is 4.39. The molecule has 90 valence electrons. The fourth-order valence-corrected chi connectivity index (χ4v) is 2.19. The molecule has 0 bridgehead atoms. The van der Waals surface area contributed by atoms with Gasteiger partial charge in [0, 0.05) is 3.57 Å². The van der Waals surface area contributed by atoms with Crippen molar-refractivity contribution in [3.8, 4) is 0 Å². The van der Waals surface area contributed by atoms with E-state index in [1.165, 1.54) is 12.1 Å². The molecule has 0 aliphatic rings. The summed E-state index contributed by atoms with van der Waals surface area (Å²) in [6.07, 6.45) is -1.20. The number of benzene rings is 1. The molecule has 0 aliphatic heterocycles. The number of halogens is 1. The van der Waals surface area contributed by atoms with Gasteiger partial charge in [0.15, 0.2) is 0 Å². The molecule has 7 heteroatoms. The zero-order valence-corrected chi connectivity index (χ0v) is 11.2. The molecule has 16 heavy (non-hydrogen) atoms. The van der Waals surface area contributed by atoms with E-state index in [4.69, 9.17) is 10.2 Å². The van der Waals surface area contributed by atoms with E-state index in [2.05, 4.69) is 26.8 Å². The van der Waals surface area contributed by atoms with Crippen molar-refractivity contribution < 1.29 is 22.8 Å². The highest BCUT2D eigenvalue weighted by molar-refractivity contribution is 14.1. The number of rotatable bonds is 5. The van der Waals surface area contributed by atoms with Gasteiger partial charge in [0.1, 0.15) is 6.10 Å². The van der Waals surface area contributed by atoms with Gasteiger partial charge >= 0.3 is 0 Å². The van der Waals surface area contributed by atoms with Crippen LogP contribution in [0.1, 0.15) is 0 Å². The summed E-state index contributed by atoms with van der Waals surface area (Å²) < 4.78 is 28.6. The van der Waals surface area contributed by atoms with Gasteiger partial charge in [-0.25, -0.2) is 0 Å². The zero-order chi connectivity index (χ0) is 12.2. The Bertz CT molecular complexity index is 428. The maximum atomic E-state index is 11.5. The smallest absolute Gasteiger partial charge is 0.297 e. The average molecular weight is 358 g/mol. The molecule has 2 N–H and O–H groups in total. The summed E-state index contributed by atoms with van der Waals surface area (Å²) in [5.74, 6) is 0. The molecule has 5 nitrogen and oxygen atoms in total. The second-order valence-electron chi connectivity index (χ2n) is 3.03. The number of hydrogen-bond acceptors (Lipinski definition) is 5.